The van der Waals surface area contributed by atoms with Crippen LogP contribution in [0.5, 0.6) is 0 Å². The normalized spacial score (nSPS) is 16.1. The molecule has 0 fully saturated rings. The third kappa shape index (κ3) is 2.80. The van der Waals surface area contributed by atoms with Crippen molar-refractivity contribution in [2.24, 2.45) is 0 Å². The number of aryl methyl sites for hydroxylation is 2. The molecule has 1 aliphatic carbocycles. The Morgan fingerprint density at radius 3 is 2.94 bits per heavy atom. The van der Waals surface area contributed by atoms with Crippen molar-refractivity contribution >= 4 is 11.8 Å². The smallest absolute Gasteiger partial charge is 0.0292 e. The van der Waals surface area contributed by atoms with E-state index >= 15 is 0 Å². The van der Waals surface area contributed by atoms with Crippen LogP contribution in [-0.4, -0.2) is 18.6 Å². The molecular weight excluding hydrogens is 214 g/mol. The summed E-state index contributed by atoms with van der Waals surface area (Å²) in [6.45, 7) is 3.36. The van der Waals surface area contributed by atoms with E-state index in [-0.39, 0.29) is 0 Å². The van der Waals surface area contributed by atoms with Gasteiger partial charge >= 0.3 is 0 Å². The first kappa shape index (κ1) is 12.0. The molecule has 88 valence electrons. The monoisotopic (exact) mass is 235 g/mol. The fourth-order valence-electron chi connectivity index (χ4n) is 2.36. The average Bonchev–Trinajstić information content (AvgIpc) is 2.76. The van der Waals surface area contributed by atoms with Crippen molar-refractivity contribution in [3.8, 4) is 0 Å². The van der Waals surface area contributed by atoms with Gasteiger partial charge in [-0.15, -0.1) is 0 Å². The second kappa shape index (κ2) is 5.74. The van der Waals surface area contributed by atoms with Crippen LogP contribution in [0.2, 0.25) is 0 Å². The molecule has 0 saturated carbocycles. The van der Waals surface area contributed by atoms with Crippen molar-refractivity contribution in [3.63, 3.8) is 0 Å². The summed E-state index contributed by atoms with van der Waals surface area (Å²) < 4.78 is 0. The summed E-state index contributed by atoms with van der Waals surface area (Å²) in [4.78, 5) is 0. The van der Waals surface area contributed by atoms with Crippen LogP contribution >= 0.6 is 11.8 Å². The van der Waals surface area contributed by atoms with E-state index in [1.54, 1.807) is 11.1 Å². The molecule has 2 heteroatoms. The highest BCUT2D eigenvalue weighted by molar-refractivity contribution is 7.98. The predicted octanol–water partition coefficient (Wildman–Crippen LogP) is 3.19. The van der Waals surface area contributed by atoms with E-state index in [4.69, 9.17) is 0 Å². The van der Waals surface area contributed by atoms with Crippen molar-refractivity contribution in [3.05, 3.63) is 34.9 Å². The van der Waals surface area contributed by atoms with E-state index in [9.17, 15) is 0 Å². The first-order valence-electron chi connectivity index (χ1n) is 6.15. The number of hydrogen-bond donors (Lipinski definition) is 1. The van der Waals surface area contributed by atoms with Crippen LogP contribution < -0.4 is 5.32 Å². The molecule has 0 spiro atoms. The number of thioether (sulfide) groups is 1. The minimum Gasteiger partial charge on any atom is -0.309 e. The zero-order chi connectivity index (χ0) is 11.4. The van der Waals surface area contributed by atoms with Gasteiger partial charge in [0.25, 0.3) is 0 Å². The molecule has 0 heterocycles. The van der Waals surface area contributed by atoms with E-state index < -0.39 is 0 Å². The summed E-state index contributed by atoms with van der Waals surface area (Å²) in [6, 6.07) is 7.50. The van der Waals surface area contributed by atoms with Gasteiger partial charge in [-0.1, -0.05) is 18.2 Å². The van der Waals surface area contributed by atoms with Gasteiger partial charge in [0.15, 0.2) is 0 Å². The Bertz CT molecular complexity index is 349. The lowest BCUT2D eigenvalue weighted by atomic mass is 10.0. The van der Waals surface area contributed by atoms with E-state index in [0.717, 1.165) is 6.54 Å². The topological polar surface area (TPSA) is 12.0 Å². The molecule has 1 atom stereocenters. The summed E-state index contributed by atoms with van der Waals surface area (Å²) in [7, 11) is 0. The standard InChI is InChI=1S/C14H21NS/c1-11(15-8-9-16-2)13-7-6-12-4-3-5-14(12)10-13/h6-7,10-11,15H,3-5,8-9H2,1-2H3. The second-order valence-electron chi connectivity index (χ2n) is 4.55. The summed E-state index contributed by atoms with van der Waals surface area (Å²) in [6.07, 6.45) is 6.05. The molecule has 0 aromatic heterocycles. The lowest BCUT2D eigenvalue weighted by molar-refractivity contribution is 0.601. The highest BCUT2D eigenvalue weighted by Gasteiger charge is 2.12. The Balaban J connectivity index is 1.98. The number of nitrogens with one attached hydrogen (secondary N) is 1. The molecule has 1 unspecified atom stereocenters. The third-order valence-corrected chi connectivity index (χ3v) is 3.99. The zero-order valence-electron chi connectivity index (χ0n) is 10.3. The third-order valence-electron chi connectivity index (χ3n) is 3.38. The van der Waals surface area contributed by atoms with Crippen LogP contribution in [0.25, 0.3) is 0 Å². The number of benzene rings is 1. The maximum absolute atomic E-state index is 3.57. The average molecular weight is 235 g/mol. The molecule has 0 radical (unpaired) electrons. The van der Waals surface area contributed by atoms with Gasteiger partial charge in [-0.2, -0.15) is 11.8 Å². The molecule has 1 N–H and O–H groups in total. The fourth-order valence-corrected chi connectivity index (χ4v) is 2.68. The highest BCUT2D eigenvalue weighted by Crippen LogP contribution is 2.25. The number of fused-ring (bicyclic) bond motifs is 1. The minimum absolute atomic E-state index is 0.484. The van der Waals surface area contributed by atoms with Crippen molar-refractivity contribution < 1.29 is 0 Å². The maximum atomic E-state index is 3.57. The quantitative estimate of drug-likeness (QED) is 0.787. The van der Waals surface area contributed by atoms with E-state index in [1.165, 1.54) is 30.6 Å². The number of rotatable bonds is 5. The van der Waals surface area contributed by atoms with Gasteiger partial charge < -0.3 is 5.32 Å². The largest absolute Gasteiger partial charge is 0.309 e. The molecule has 16 heavy (non-hydrogen) atoms. The van der Waals surface area contributed by atoms with Crippen LogP contribution in [0.1, 0.15) is 36.1 Å². The summed E-state index contributed by atoms with van der Waals surface area (Å²) in [5.74, 6) is 1.19. The molecule has 1 aromatic carbocycles. The van der Waals surface area contributed by atoms with Gasteiger partial charge in [0.1, 0.15) is 0 Å². The highest BCUT2D eigenvalue weighted by atomic mass is 32.2. The Kier molecular flexibility index (Phi) is 4.30. The van der Waals surface area contributed by atoms with Crippen molar-refractivity contribution in [1.82, 2.24) is 5.32 Å². The van der Waals surface area contributed by atoms with Crippen molar-refractivity contribution in [1.29, 1.82) is 0 Å². The predicted molar refractivity (Wildman–Crippen MR) is 73.3 cm³/mol. The molecule has 1 nitrogen and oxygen atoms in total. The van der Waals surface area contributed by atoms with Crippen LogP contribution in [-0.2, 0) is 12.8 Å². The molecule has 0 saturated heterocycles. The Labute approximate surface area is 103 Å². The van der Waals surface area contributed by atoms with E-state index in [1.807, 2.05) is 11.8 Å². The van der Waals surface area contributed by atoms with Crippen LogP contribution in [0.3, 0.4) is 0 Å². The maximum Gasteiger partial charge on any atom is 0.0292 e. The molecule has 0 aliphatic heterocycles. The molecular formula is C14H21NS. The van der Waals surface area contributed by atoms with Crippen LogP contribution in [0, 0.1) is 0 Å². The lowest BCUT2D eigenvalue weighted by Crippen LogP contribution is -2.21. The van der Waals surface area contributed by atoms with E-state index in [2.05, 4.69) is 36.7 Å². The first-order chi connectivity index (χ1) is 7.81. The molecule has 1 aliphatic rings. The summed E-state index contributed by atoms with van der Waals surface area (Å²) in [5, 5.41) is 3.57. The van der Waals surface area contributed by atoms with Crippen molar-refractivity contribution in [2.75, 3.05) is 18.6 Å². The molecule has 2 rings (SSSR count). The Morgan fingerprint density at radius 2 is 2.12 bits per heavy atom. The van der Waals surface area contributed by atoms with E-state index in [0.29, 0.717) is 6.04 Å². The fraction of sp³-hybridized carbons (Fsp3) is 0.571. The molecule has 0 bridgehead atoms. The van der Waals surface area contributed by atoms with Gasteiger partial charge in [-0.25, -0.2) is 0 Å². The first-order valence-corrected chi connectivity index (χ1v) is 7.54. The minimum atomic E-state index is 0.484. The van der Waals surface area contributed by atoms with Gasteiger partial charge in [0.05, 0.1) is 0 Å². The Hall–Kier alpha value is -0.470. The van der Waals surface area contributed by atoms with Crippen LogP contribution in [0.15, 0.2) is 18.2 Å². The van der Waals surface area contributed by atoms with Gasteiger partial charge in [-0.3, -0.25) is 0 Å². The number of hydrogen-bond acceptors (Lipinski definition) is 2. The molecule has 1 aromatic rings. The Morgan fingerprint density at radius 1 is 1.31 bits per heavy atom. The molecule has 0 amide bonds. The zero-order valence-corrected chi connectivity index (χ0v) is 11.1. The van der Waals surface area contributed by atoms with Crippen LogP contribution in [0.4, 0.5) is 0 Å². The van der Waals surface area contributed by atoms with Gasteiger partial charge in [0, 0.05) is 18.3 Å². The van der Waals surface area contributed by atoms with Crippen molar-refractivity contribution in [2.45, 2.75) is 32.2 Å². The second-order valence-corrected chi connectivity index (χ2v) is 5.54. The lowest BCUT2D eigenvalue weighted by Gasteiger charge is -2.15. The van der Waals surface area contributed by atoms with Gasteiger partial charge in [0.2, 0.25) is 0 Å². The SMILES string of the molecule is CSCCNC(C)c1ccc2c(c1)CCC2. The summed E-state index contributed by atoms with van der Waals surface area (Å²) in [5.41, 5.74) is 4.60. The summed E-state index contributed by atoms with van der Waals surface area (Å²) >= 11 is 1.90. The van der Waals surface area contributed by atoms with Gasteiger partial charge in [-0.05, 0) is 49.1 Å².